The van der Waals surface area contributed by atoms with Gasteiger partial charge in [0.2, 0.25) is 0 Å². The van der Waals surface area contributed by atoms with Gasteiger partial charge in [0, 0.05) is 5.56 Å². The highest BCUT2D eigenvalue weighted by atomic mass is 79.9. The van der Waals surface area contributed by atoms with E-state index in [4.69, 9.17) is 5.26 Å². The zero-order valence-corrected chi connectivity index (χ0v) is 10.3. The van der Waals surface area contributed by atoms with Crippen LogP contribution in [-0.2, 0) is 16.0 Å². The Balaban J connectivity index is 3.21. The van der Waals surface area contributed by atoms with Gasteiger partial charge in [0.1, 0.15) is 10.7 Å². The molecule has 90 valence electrons. The summed E-state index contributed by atoms with van der Waals surface area (Å²) in [6.07, 6.45) is -3.03. The Kier molecular flexibility index (Phi) is 4.52. The lowest BCUT2D eigenvalue weighted by molar-refractivity contribution is -0.139. The number of carbonyl (C=O) groups excluding carboxylic acids is 1. The van der Waals surface area contributed by atoms with E-state index in [1.807, 2.05) is 0 Å². The third-order valence-electron chi connectivity index (χ3n) is 1.96. The van der Waals surface area contributed by atoms with Gasteiger partial charge in [-0.25, -0.2) is 13.8 Å². The minimum Gasteiger partial charge on any atom is -0.469 e. The number of ether oxygens (including phenoxy) is 1. The molecule has 0 fully saturated rings. The number of carbonyl (C=O) groups is 1. The SMILES string of the molecule is COC(=O)Cc1cc(C(F)F)c(C#N)c(Br)n1. The van der Waals surface area contributed by atoms with Crippen LogP contribution in [0.15, 0.2) is 10.7 Å². The van der Waals surface area contributed by atoms with Crippen LogP contribution >= 0.6 is 15.9 Å². The van der Waals surface area contributed by atoms with Crippen LogP contribution < -0.4 is 0 Å². The fourth-order valence-corrected chi connectivity index (χ4v) is 1.72. The quantitative estimate of drug-likeness (QED) is 0.635. The van der Waals surface area contributed by atoms with Crippen molar-refractivity contribution in [2.45, 2.75) is 12.8 Å². The molecule has 0 bridgehead atoms. The van der Waals surface area contributed by atoms with E-state index in [2.05, 4.69) is 25.7 Å². The summed E-state index contributed by atoms with van der Waals surface area (Å²) in [4.78, 5) is 14.8. The summed E-state index contributed by atoms with van der Waals surface area (Å²) in [6.45, 7) is 0. The van der Waals surface area contributed by atoms with Crippen molar-refractivity contribution in [1.82, 2.24) is 4.98 Å². The van der Waals surface area contributed by atoms with Gasteiger partial charge < -0.3 is 4.74 Å². The molecule has 4 nitrogen and oxygen atoms in total. The zero-order valence-electron chi connectivity index (χ0n) is 8.71. The molecule has 0 aliphatic rings. The van der Waals surface area contributed by atoms with Gasteiger partial charge in [-0.15, -0.1) is 0 Å². The number of nitrogens with zero attached hydrogens (tertiary/aromatic N) is 2. The van der Waals surface area contributed by atoms with Gasteiger partial charge in [-0.05, 0) is 22.0 Å². The number of nitriles is 1. The van der Waals surface area contributed by atoms with Crippen LogP contribution in [-0.4, -0.2) is 18.1 Å². The van der Waals surface area contributed by atoms with E-state index < -0.39 is 18.0 Å². The molecule has 1 rings (SSSR count). The number of aromatic nitrogens is 1. The average Bonchev–Trinajstić information content (AvgIpc) is 2.28. The minimum absolute atomic E-state index is 0.00305. The predicted molar refractivity (Wildman–Crippen MR) is 57.3 cm³/mol. The number of hydrogen-bond donors (Lipinski definition) is 0. The van der Waals surface area contributed by atoms with E-state index in [9.17, 15) is 13.6 Å². The fourth-order valence-electron chi connectivity index (χ4n) is 1.18. The Morgan fingerprint density at radius 2 is 2.35 bits per heavy atom. The Hall–Kier alpha value is -1.55. The summed E-state index contributed by atoms with van der Waals surface area (Å²) < 4.78 is 29.8. The molecular weight excluding hydrogens is 298 g/mol. The highest BCUT2D eigenvalue weighted by Crippen LogP contribution is 2.27. The van der Waals surface area contributed by atoms with E-state index in [1.54, 1.807) is 6.07 Å². The molecule has 0 radical (unpaired) electrons. The van der Waals surface area contributed by atoms with Crippen LogP contribution in [0.2, 0.25) is 0 Å². The van der Waals surface area contributed by atoms with Crippen molar-refractivity contribution in [2.24, 2.45) is 0 Å². The maximum Gasteiger partial charge on any atom is 0.311 e. The van der Waals surface area contributed by atoms with Crippen LogP contribution in [0, 0.1) is 11.3 Å². The van der Waals surface area contributed by atoms with Gasteiger partial charge in [-0.2, -0.15) is 5.26 Å². The minimum atomic E-state index is -2.81. The molecule has 0 aliphatic carbocycles. The maximum absolute atomic E-state index is 12.7. The normalized spacial score (nSPS) is 10.1. The van der Waals surface area contributed by atoms with Crippen molar-refractivity contribution in [2.75, 3.05) is 7.11 Å². The first-order valence-electron chi connectivity index (χ1n) is 4.44. The number of pyridine rings is 1. The highest BCUT2D eigenvalue weighted by molar-refractivity contribution is 9.10. The summed E-state index contributed by atoms with van der Waals surface area (Å²) in [5.74, 6) is -0.589. The van der Waals surface area contributed by atoms with Gasteiger partial charge in [0.25, 0.3) is 6.43 Å². The molecule has 0 spiro atoms. The molecule has 1 heterocycles. The number of hydrogen-bond acceptors (Lipinski definition) is 4. The molecule has 0 saturated heterocycles. The summed E-state index contributed by atoms with van der Waals surface area (Å²) in [6, 6.07) is 2.67. The summed E-state index contributed by atoms with van der Waals surface area (Å²) >= 11 is 2.92. The number of rotatable bonds is 3. The molecule has 17 heavy (non-hydrogen) atoms. The topological polar surface area (TPSA) is 63.0 Å². The molecule has 0 atom stereocenters. The smallest absolute Gasteiger partial charge is 0.311 e. The van der Waals surface area contributed by atoms with Gasteiger partial charge in [-0.1, -0.05) is 0 Å². The third-order valence-corrected chi connectivity index (χ3v) is 2.53. The fraction of sp³-hybridized carbons (Fsp3) is 0.300. The molecule has 1 aromatic rings. The molecular formula is C10H7BrF2N2O2. The molecule has 0 saturated carbocycles. The Morgan fingerprint density at radius 3 is 2.82 bits per heavy atom. The van der Waals surface area contributed by atoms with Crippen molar-refractivity contribution < 1.29 is 18.3 Å². The predicted octanol–water partition coefficient (Wildman–Crippen LogP) is 2.37. The lowest BCUT2D eigenvalue weighted by atomic mass is 10.1. The van der Waals surface area contributed by atoms with Gasteiger partial charge >= 0.3 is 5.97 Å². The van der Waals surface area contributed by atoms with Crippen LogP contribution in [0.5, 0.6) is 0 Å². The van der Waals surface area contributed by atoms with Crippen molar-refractivity contribution in [3.8, 4) is 6.07 Å². The lowest BCUT2D eigenvalue weighted by Gasteiger charge is -2.07. The van der Waals surface area contributed by atoms with Crippen LogP contribution in [0.4, 0.5) is 8.78 Å². The van der Waals surface area contributed by atoms with E-state index in [0.29, 0.717) is 0 Å². The zero-order chi connectivity index (χ0) is 13.0. The highest BCUT2D eigenvalue weighted by Gasteiger charge is 2.19. The van der Waals surface area contributed by atoms with Crippen molar-refractivity contribution >= 4 is 21.9 Å². The van der Waals surface area contributed by atoms with Gasteiger partial charge in [0.05, 0.1) is 24.8 Å². The number of methoxy groups -OCH3 is 1. The second-order valence-corrected chi connectivity index (χ2v) is 3.79. The molecule has 0 aromatic carbocycles. The van der Waals surface area contributed by atoms with E-state index in [1.165, 1.54) is 7.11 Å². The number of esters is 1. The van der Waals surface area contributed by atoms with Gasteiger partial charge in [0.15, 0.2) is 0 Å². The first-order valence-corrected chi connectivity index (χ1v) is 5.23. The second-order valence-electron chi connectivity index (χ2n) is 3.03. The molecule has 0 amide bonds. The monoisotopic (exact) mass is 304 g/mol. The first kappa shape index (κ1) is 13.5. The van der Waals surface area contributed by atoms with Crippen molar-refractivity contribution in [3.05, 3.63) is 27.5 Å². The largest absolute Gasteiger partial charge is 0.469 e. The summed E-state index contributed by atoms with van der Waals surface area (Å²) in [5, 5.41) is 8.72. The number of alkyl halides is 2. The molecule has 1 aromatic heterocycles. The average molecular weight is 305 g/mol. The van der Waals surface area contributed by atoms with Crippen molar-refractivity contribution in [3.63, 3.8) is 0 Å². The van der Waals surface area contributed by atoms with Crippen LogP contribution in [0.3, 0.4) is 0 Å². The number of halogens is 3. The molecule has 0 unspecified atom stereocenters. The van der Waals surface area contributed by atoms with Crippen LogP contribution in [0.1, 0.15) is 23.2 Å². The standard InChI is InChI=1S/C10H7BrF2N2O2/c1-17-8(16)3-5-2-6(10(12)13)7(4-14)9(11)15-5/h2,10H,3H2,1H3. The van der Waals surface area contributed by atoms with Crippen LogP contribution in [0.25, 0.3) is 0 Å². The van der Waals surface area contributed by atoms with E-state index in [-0.39, 0.29) is 22.3 Å². The Labute approximate surface area is 104 Å². The van der Waals surface area contributed by atoms with Gasteiger partial charge in [-0.3, -0.25) is 4.79 Å². The maximum atomic E-state index is 12.7. The summed E-state index contributed by atoms with van der Waals surface area (Å²) in [5.41, 5.74) is -0.556. The summed E-state index contributed by atoms with van der Waals surface area (Å²) in [7, 11) is 1.19. The lowest BCUT2D eigenvalue weighted by Crippen LogP contribution is -2.08. The Bertz CT molecular complexity index is 486. The van der Waals surface area contributed by atoms with E-state index >= 15 is 0 Å². The molecule has 0 N–H and O–H groups in total. The first-order chi connectivity index (χ1) is 7.99. The molecule has 0 aliphatic heterocycles. The third kappa shape index (κ3) is 3.20. The van der Waals surface area contributed by atoms with E-state index in [0.717, 1.165) is 6.07 Å². The molecule has 7 heteroatoms. The Morgan fingerprint density at radius 1 is 1.71 bits per heavy atom. The second kappa shape index (κ2) is 5.68. The van der Waals surface area contributed by atoms with Crippen molar-refractivity contribution in [1.29, 1.82) is 5.26 Å².